The summed E-state index contributed by atoms with van der Waals surface area (Å²) in [4.78, 5) is 32.5. The normalized spacial score (nSPS) is 25.9. The van der Waals surface area contributed by atoms with Crippen molar-refractivity contribution in [3.63, 3.8) is 0 Å². The number of amides is 1. The number of allylic oxidation sites excluding steroid dienone is 1. The molecule has 4 rings (SSSR count). The van der Waals surface area contributed by atoms with Crippen molar-refractivity contribution in [1.82, 2.24) is 19.8 Å². The summed E-state index contributed by atoms with van der Waals surface area (Å²) >= 11 is 0. The van der Waals surface area contributed by atoms with Crippen molar-refractivity contribution in [1.29, 1.82) is 0 Å². The molecule has 7 heteroatoms. The number of aliphatic hydroxyl groups is 1. The number of hydrogen-bond acceptors (Lipinski definition) is 5. The lowest BCUT2D eigenvalue weighted by molar-refractivity contribution is -0.127. The molecule has 0 aromatic carbocycles. The van der Waals surface area contributed by atoms with Gasteiger partial charge in [-0.15, -0.1) is 0 Å². The van der Waals surface area contributed by atoms with Gasteiger partial charge in [0.25, 0.3) is 5.56 Å². The van der Waals surface area contributed by atoms with Crippen molar-refractivity contribution in [2.75, 3.05) is 13.7 Å². The molecule has 0 aliphatic carbocycles. The van der Waals surface area contributed by atoms with Gasteiger partial charge in [-0.1, -0.05) is 18.2 Å². The molecule has 7 nitrogen and oxygen atoms in total. The van der Waals surface area contributed by atoms with Gasteiger partial charge in [-0.3, -0.25) is 19.5 Å². The van der Waals surface area contributed by atoms with E-state index >= 15 is 0 Å². The molecule has 2 aliphatic heterocycles. The van der Waals surface area contributed by atoms with E-state index in [4.69, 9.17) is 0 Å². The van der Waals surface area contributed by atoms with Gasteiger partial charge >= 0.3 is 0 Å². The Morgan fingerprint density at radius 2 is 2.17 bits per heavy atom. The highest BCUT2D eigenvalue weighted by atomic mass is 16.3. The molecule has 2 N–H and O–H groups in total. The highest BCUT2D eigenvalue weighted by Crippen LogP contribution is 2.47. The SMILES string of the molecule is CC=Cc1ccc2n(c1=O)C[C@@H]1[C@@H](CO)[C@H](C(=O)NCc3ccccn3)[C@H]2N1C. The zero-order chi connectivity index (χ0) is 20.5. The second-order valence-electron chi connectivity index (χ2n) is 7.72. The van der Waals surface area contributed by atoms with Crippen LogP contribution in [0.3, 0.4) is 0 Å². The molecule has 4 atom stereocenters. The summed E-state index contributed by atoms with van der Waals surface area (Å²) in [5.41, 5.74) is 2.20. The Bertz CT molecular complexity index is 985. The summed E-state index contributed by atoms with van der Waals surface area (Å²) < 4.78 is 1.78. The fourth-order valence-corrected chi connectivity index (χ4v) is 4.81. The molecular formula is C22H26N4O3. The Hall–Kier alpha value is -2.77. The average molecular weight is 394 g/mol. The highest BCUT2D eigenvalue weighted by molar-refractivity contribution is 5.80. The Labute approximate surface area is 169 Å². The second kappa shape index (κ2) is 7.93. The Balaban J connectivity index is 1.67. The molecule has 4 heterocycles. The maximum absolute atomic E-state index is 13.2. The quantitative estimate of drug-likeness (QED) is 0.795. The first kappa shape index (κ1) is 19.5. The summed E-state index contributed by atoms with van der Waals surface area (Å²) in [6.07, 6.45) is 5.34. The third-order valence-corrected chi connectivity index (χ3v) is 6.20. The number of carbonyl (C=O) groups is 1. The van der Waals surface area contributed by atoms with E-state index in [1.807, 2.05) is 50.4 Å². The molecule has 1 amide bonds. The van der Waals surface area contributed by atoms with Gasteiger partial charge < -0.3 is 15.0 Å². The molecular weight excluding hydrogens is 368 g/mol. The minimum absolute atomic E-state index is 0.0464. The molecule has 0 spiro atoms. The molecule has 2 aliphatic rings. The molecule has 0 unspecified atom stereocenters. The van der Waals surface area contributed by atoms with E-state index < -0.39 is 5.92 Å². The topological polar surface area (TPSA) is 87.5 Å². The Kier molecular flexibility index (Phi) is 5.34. The van der Waals surface area contributed by atoms with Crippen molar-refractivity contribution in [2.24, 2.45) is 11.8 Å². The molecule has 2 bridgehead atoms. The molecule has 0 radical (unpaired) electrons. The first-order valence-electron chi connectivity index (χ1n) is 9.93. The number of nitrogens with one attached hydrogen (secondary N) is 1. The molecule has 2 aromatic rings. The van der Waals surface area contributed by atoms with Gasteiger partial charge in [-0.25, -0.2) is 0 Å². The van der Waals surface area contributed by atoms with Gasteiger partial charge in [0, 0.05) is 42.6 Å². The van der Waals surface area contributed by atoms with Gasteiger partial charge in [0.15, 0.2) is 0 Å². The second-order valence-corrected chi connectivity index (χ2v) is 7.72. The number of fused-ring (bicyclic) bond motifs is 4. The maximum Gasteiger partial charge on any atom is 0.258 e. The molecule has 29 heavy (non-hydrogen) atoms. The first-order chi connectivity index (χ1) is 14.1. The molecule has 152 valence electrons. The monoisotopic (exact) mass is 394 g/mol. The van der Waals surface area contributed by atoms with Crippen LogP contribution in [-0.4, -0.2) is 45.2 Å². The van der Waals surface area contributed by atoms with Crippen LogP contribution in [0.4, 0.5) is 0 Å². The lowest BCUT2D eigenvalue weighted by Crippen LogP contribution is -2.44. The van der Waals surface area contributed by atoms with Crippen LogP contribution in [0.1, 0.15) is 29.9 Å². The number of rotatable bonds is 5. The zero-order valence-electron chi connectivity index (χ0n) is 16.7. The van der Waals surface area contributed by atoms with Crippen molar-refractivity contribution in [2.45, 2.75) is 32.1 Å². The third-order valence-electron chi connectivity index (χ3n) is 6.20. The van der Waals surface area contributed by atoms with Crippen molar-refractivity contribution in [3.05, 3.63) is 69.9 Å². The molecule has 0 saturated carbocycles. The van der Waals surface area contributed by atoms with E-state index in [-0.39, 0.29) is 36.1 Å². The van der Waals surface area contributed by atoms with Crippen LogP contribution in [-0.2, 0) is 17.9 Å². The van der Waals surface area contributed by atoms with Gasteiger partial charge in [-0.2, -0.15) is 0 Å². The number of aliphatic hydroxyl groups excluding tert-OH is 1. The standard InChI is InChI=1S/C22H26N4O3/c1-3-6-14-8-9-17-20-19(21(28)24-11-15-7-4-5-10-23-15)16(13-27)18(25(20)2)12-26(17)22(14)29/h3-10,16,18-20,27H,11-13H2,1-2H3,(H,24,28)/t16-,18-,19+,20+/m1/s1. The van der Waals surface area contributed by atoms with Crippen LogP contribution in [0.15, 0.2) is 47.4 Å². The molecule has 2 aromatic heterocycles. The minimum Gasteiger partial charge on any atom is -0.396 e. The summed E-state index contributed by atoms with van der Waals surface area (Å²) in [7, 11) is 1.97. The van der Waals surface area contributed by atoms with E-state index in [0.717, 1.165) is 11.4 Å². The van der Waals surface area contributed by atoms with Crippen LogP contribution in [0, 0.1) is 11.8 Å². The smallest absolute Gasteiger partial charge is 0.258 e. The third kappa shape index (κ3) is 3.30. The van der Waals surface area contributed by atoms with E-state index in [2.05, 4.69) is 15.2 Å². The van der Waals surface area contributed by atoms with Crippen LogP contribution in [0.2, 0.25) is 0 Å². The Morgan fingerprint density at radius 3 is 2.86 bits per heavy atom. The van der Waals surface area contributed by atoms with Crippen LogP contribution in [0.25, 0.3) is 6.08 Å². The summed E-state index contributed by atoms with van der Waals surface area (Å²) in [5, 5.41) is 13.1. The fraction of sp³-hybridized carbons (Fsp3) is 0.409. The zero-order valence-corrected chi connectivity index (χ0v) is 16.7. The van der Waals surface area contributed by atoms with E-state index in [1.165, 1.54) is 0 Å². The number of carbonyl (C=O) groups excluding carboxylic acids is 1. The van der Waals surface area contributed by atoms with Crippen LogP contribution >= 0.6 is 0 Å². The van der Waals surface area contributed by atoms with E-state index in [0.29, 0.717) is 18.7 Å². The van der Waals surface area contributed by atoms with E-state index in [1.54, 1.807) is 16.8 Å². The number of pyridine rings is 2. The van der Waals surface area contributed by atoms with Gasteiger partial charge in [0.1, 0.15) is 0 Å². The largest absolute Gasteiger partial charge is 0.396 e. The predicted molar refractivity (Wildman–Crippen MR) is 110 cm³/mol. The molecule has 1 saturated heterocycles. The van der Waals surface area contributed by atoms with Crippen molar-refractivity contribution in [3.8, 4) is 0 Å². The number of nitrogens with zero attached hydrogens (tertiary/aromatic N) is 3. The van der Waals surface area contributed by atoms with E-state index in [9.17, 15) is 14.7 Å². The summed E-state index contributed by atoms with van der Waals surface area (Å²) in [6.45, 7) is 2.59. The molecule has 1 fully saturated rings. The maximum atomic E-state index is 13.2. The number of hydrogen-bond donors (Lipinski definition) is 2. The van der Waals surface area contributed by atoms with Crippen molar-refractivity contribution < 1.29 is 9.90 Å². The van der Waals surface area contributed by atoms with Gasteiger partial charge in [0.2, 0.25) is 5.91 Å². The van der Waals surface area contributed by atoms with Crippen LogP contribution < -0.4 is 10.9 Å². The van der Waals surface area contributed by atoms with Gasteiger partial charge in [0.05, 0.1) is 24.2 Å². The first-order valence-corrected chi connectivity index (χ1v) is 9.93. The minimum atomic E-state index is -0.431. The highest BCUT2D eigenvalue weighted by Gasteiger charge is 2.54. The summed E-state index contributed by atoms with van der Waals surface area (Å²) in [5.74, 6) is -0.787. The lowest BCUT2D eigenvalue weighted by Gasteiger charge is -2.35. The number of aromatic nitrogens is 2. The lowest BCUT2D eigenvalue weighted by atomic mass is 9.86. The van der Waals surface area contributed by atoms with Crippen molar-refractivity contribution >= 4 is 12.0 Å². The van der Waals surface area contributed by atoms with Gasteiger partial charge in [-0.05, 0) is 38.2 Å². The fourth-order valence-electron chi connectivity index (χ4n) is 4.81. The average Bonchev–Trinajstić information content (AvgIpc) is 2.91. The number of likely N-dealkylation sites (N-methyl/N-ethyl adjacent to an activating group) is 1. The Morgan fingerprint density at radius 1 is 1.34 bits per heavy atom. The predicted octanol–water partition coefficient (Wildman–Crippen LogP) is 1.19. The van der Waals surface area contributed by atoms with Crippen LogP contribution in [0.5, 0.6) is 0 Å². The summed E-state index contributed by atoms with van der Waals surface area (Å²) in [6, 6.07) is 9.01.